The van der Waals surface area contributed by atoms with Gasteiger partial charge in [0.05, 0.1) is 5.56 Å². The summed E-state index contributed by atoms with van der Waals surface area (Å²) in [5.41, 5.74) is 3.57. The zero-order valence-corrected chi connectivity index (χ0v) is 13.4. The predicted molar refractivity (Wildman–Crippen MR) is 89.4 cm³/mol. The Bertz CT molecular complexity index is 738. The molecule has 112 valence electrons. The van der Waals surface area contributed by atoms with Gasteiger partial charge >= 0.3 is 0 Å². The van der Waals surface area contributed by atoms with Gasteiger partial charge in [0.25, 0.3) is 5.91 Å². The number of aryl methyl sites for hydroxylation is 2. The van der Waals surface area contributed by atoms with Crippen LogP contribution in [0.1, 0.15) is 51.2 Å². The number of nitrogens with zero attached hydrogens (tertiary/aromatic N) is 1. The van der Waals surface area contributed by atoms with Crippen molar-refractivity contribution in [2.75, 3.05) is 5.32 Å². The molecule has 4 heteroatoms. The molecule has 0 fully saturated rings. The van der Waals surface area contributed by atoms with E-state index >= 15 is 0 Å². The zero-order valence-electron chi connectivity index (χ0n) is 12.6. The monoisotopic (exact) mass is 310 g/mol. The van der Waals surface area contributed by atoms with Crippen LogP contribution in [-0.2, 0) is 12.8 Å². The van der Waals surface area contributed by atoms with Gasteiger partial charge in [-0.15, -0.1) is 11.3 Å². The van der Waals surface area contributed by atoms with Gasteiger partial charge in [-0.1, -0.05) is 24.1 Å². The summed E-state index contributed by atoms with van der Waals surface area (Å²) < 4.78 is 0. The fourth-order valence-electron chi connectivity index (χ4n) is 2.83. The third-order valence-corrected chi connectivity index (χ3v) is 5.28. The van der Waals surface area contributed by atoms with Crippen LogP contribution in [0.2, 0.25) is 0 Å². The second-order valence-corrected chi connectivity index (χ2v) is 6.81. The Balaban J connectivity index is 1.88. The highest BCUT2D eigenvalue weighted by molar-refractivity contribution is 7.16. The van der Waals surface area contributed by atoms with Gasteiger partial charge in [-0.25, -0.2) is 0 Å². The maximum atomic E-state index is 12.4. The van der Waals surface area contributed by atoms with Gasteiger partial charge in [0.15, 0.2) is 0 Å². The average molecular weight is 310 g/mol. The van der Waals surface area contributed by atoms with Gasteiger partial charge in [0.2, 0.25) is 0 Å². The van der Waals surface area contributed by atoms with E-state index in [4.69, 9.17) is 0 Å². The zero-order chi connectivity index (χ0) is 15.5. The number of carbonyl (C=O) groups excluding carboxylic acids is 1. The first-order valence-corrected chi connectivity index (χ1v) is 8.43. The van der Waals surface area contributed by atoms with Gasteiger partial charge in [-0.05, 0) is 50.3 Å². The molecule has 1 aromatic heterocycles. The Hall–Kier alpha value is -2.12. The van der Waals surface area contributed by atoms with E-state index < -0.39 is 0 Å². The van der Waals surface area contributed by atoms with Crippen molar-refractivity contribution in [2.24, 2.45) is 0 Å². The van der Waals surface area contributed by atoms with Crippen molar-refractivity contribution in [2.45, 2.75) is 39.0 Å². The lowest BCUT2D eigenvalue weighted by atomic mass is 10.1. The second kappa shape index (κ2) is 6.33. The fourth-order valence-corrected chi connectivity index (χ4v) is 4.06. The molecule has 2 aromatic rings. The molecule has 0 saturated carbocycles. The van der Waals surface area contributed by atoms with Crippen LogP contribution in [0, 0.1) is 18.3 Å². The molecule has 0 spiro atoms. The number of nitriles is 1. The highest BCUT2D eigenvalue weighted by Crippen LogP contribution is 2.37. The summed E-state index contributed by atoms with van der Waals surface area (Å²) in [5, 5.41) is 13.1. The van der Waals surface area contributed by atoms with Gasteiger partial charge in [-0.3, -0.25) is 4.79 Å². The van der Waals surface area contributed by atoms with Gasteiger partial charge in [0, 0.05) is 10.4 Å². The van der Waals surface area contributed by atoms with E-state index in [1.165, 1.54) is 17.7 Å². The van der Waals surface area contributed by atoms with Crippen LogP contribution in [0.4, 0.5) is 5.00 Å². The minimum atomic E-state index is -0.145. The van der Waals surface area contributed by atoms with E-state index in [9.17, 15) is 10.1 Å². The summed E-state index contributed by atoms with van der Waals surface area (Å²) >= 11 is 1.57. The smallest absolute Gasteiger partial charge is 0.256 e. The summed E-state index contributed by atoms with van der Waals surface area (Å²) in [6.45, 7) is 1.99. The fraction of sp³-hybridized carbons (Fsp3) is 0.333. The van der Waals surface area contributed by atoms with Crippen molar-refractivity contribution in [1.82, 2.24) is 0 Å². The molecule has 1 heterocycles. The van der Waals surface area contributed by atoms with Crippen LogP contribution >= 0.6 is 11.3 Å². The Kier molecular flexibility index (Phi) is 4.26. The quantitative estimate of drug-likeness (QED) is 0.833. The molecule has 0 saturated heterocycles. The van der Waals surface area contributed by atoms with E-state index in [1.807, 2.05) is 31.2 Å². The Morgan fingerprint density at radius 1 is 1.18 bits per heavy atom. The van der Waals surface area contributed by atoms with Crippen LogP contribution in [-0.4, -0.2) is 5.91 Å². The molecule has 22 heavy (non-hydrogen) atoms. The van der Waals surface area contributed by atoms with Crippen LogP contribution < -0.4 is 5.32 Å². The molecule has 3 nitrogen and oxygen atoms in total. The molecular weight excluding hydrogens is 292 g/mol. The lowest BCUT2D eigenvalue weighted by molar-refractivity contribution is 0.102. The molecular formula is C18H18N2OS. The number of nitrogens with one attached hydrogen (secondary N) is 1. The predicted octanol–water partition coefficient (Wildman–Crippen LogP) is 4.45. The van der Waals surface area contributed by atoms with Crippen LogP contribution in [0.5, 0.6) is 0 Å². The largest absolute Gasteiger partial charge is 0.312 e. The second-order valence-electron chi connectivity index (χ2n) is 5.70. The number of thiophene rings is 1. The van der Waals surface area contributed by atoms with Gasteiger partial charge in [0.1, 0.15) is 11.1 Å². The molecule has 1 aliphatic rings. The highest BCUT2D eigenvalue weighted by atomic mass is 32.1. The molecule has 1 aliphatic carbocycles. The van der Waals surface area contributed by atoms with Crippen LogP contribution in [0.15, 0.2) is 24.3 Å². The Labute approximate surface area is 134 Å². The molecule has 0 unspecified atom stereocenters. The standard InChI is InChI=1S/C18H18N2OS/c1-12-7-9-13(10-8-12)17(21)20-18-15(11-19)14-5-3-2-4-6-16(14)22-18/h7-10H,2-6H2,1H3,(H,20,21). The summed E-state index contributed by atoms with van der Waals surface area (Å²) in [6.07, 6.45) is 5.50. The number of carbonyl (C=O) groups is 1. The third-order valence-electron chi connectivity index (χ3n) is 4.07. The number of fused-ring (bicyclic) bond motifs is 1. The molecule has 0 radical (unpaired) electrons. The minimum Gasteiger partial charge on any atom is -0.312 e. The summed E-state index contributed by atoms with van der Waals surface area (Å²) in [4.78, 5) is 13.6. The molecule has 1 aromatic carbocycles. The first kappa shape index (κ1) is 14.8. The summed E-state index contributed by atoms with van der Waals surface area (Å²) in [7, 11) is 0. The number of rotatable bonds is 2. The van der Waals surface area contributed by atoms with Crippen molar-refractivity contribution >= 4 is 22.2 Å². The van der Waals surface area contributed by atoms with Crippen molar-refractivity contribution in [3.63, 3.8) is 0 Å². The van der Waals surface area contributed by atoms with Crippen molar-refractivity contribution < 1.29 is 4.79 Å². The maximum Gasteiger partial charge on any atom is 0.256 e. The van der Waals surface area contributed by atoms with Crippen LogP contribution in [0.25, 0.3) is 0 Å². The van der Waals surface area contributed by atoms with E-state index in [2.05, 4.69) is 11.4 Å². The molecule has 1 N–H and O–H groups in total. The topological polar surface area (TPSA) is 52.9 Å². The maximum absolute atomic E-state index is 12.4. The number of amides is 1. The molecule has 0 aliphatic heterocycles. The SMILES string of the molecule is Cc1ccc(C(=O)Nc2sc3c(c2C#N)CCCCC3)cc1. The number of hydrogen-bond donors (Lipinski definition) is 1. The van der Waals surface area contributed by atoms with E-state index in [-0.39, 0.29) is 5.91 Å². The highest BCUT2D eigenvalue weighted by Gasteiger charge is 2.21. The molecule has 0 bridgehead atoms. The minimum absolute atomic E-state index is 0.145. The molecule has 3 rings (SSSR count). The first-order chi connectivity index (χ1) is 10.7. The van der Waals surface area contributed by atoms with Crippen molar-refractivity contribution in [3.05, 3.63) is 51.4 Å². The van der Waals surface area contributed by atoms with E-state index in [0.717, 1.165) is 30.4 Å². The summed E-state index contributed by atoms with van der Waals surface area (Å²) in [5.74, 6) is -0.145. The third kappa shape index (κ3) is 2.90. The normalized spacial score (nSPS) is 13.8. The number of anilines is 1. The molecule has 0 atom stereocenters. The number of benzene rings is 1. The van der Waals surface area contributed by atoms with Crippen molar-refractivity contribution in [1.29, 1.82) is 5.26 Å². The Morgan fingerprint density at radius 2 is 1.91 bits per heavy atom. The average Bonchev–Trinajstić information content (AvgIpc) is 2.68. The van der Waals surface area contributed by atoms with E-state index in [0.29, 0.717) is 16.1 Å². The number of hydrogen-bond acceptors (Lipinski definition) is 3. The van der Waals surface area contributed by atoms with Crippen molar-refractivity contribution in [3.8, 4) is 6.07 Å². The first-order valence-electron chi connectivity index (χ1n) is 7.61. The lowest BCUT2D eigenvalue weighted by Gasteiger charge is -2.04. The van der Waals surface area contributed by atoms with E-state index in [1.54, 1.807) is 11.3 Å². The van der Waals surface area contributed by atoms with Gasteiger partial charge in [-0.2, -0.15) is 5.26 Å². The molecule has 1 amide bonds. The van der Waals surface area contributed by atoms with Crippen LogP contribution in [0.3, 0.4) is 0 Å². The lowest BCUT2D eigenvalue weighted by Crippen LogP contribution is -2.11. The Morgan fingerprint density at radius 3 is 2.64 bits per heavy atom. The van der Waals surface area contributed by atoms with Gasteiger partial charge < -0.3 is 5.32 Å². The summed E-state index contributed by atoms with van der Waals surface area (Å²) in [6, 6.07) is 9.76.